The van der Waals surface area contributed by atoms with Crippen LogP contribution in [0.5, 0.6) is 5.75 Å². The van der Waals surface area contributed by atoms with Gasteiger partial charge in [0.1, 0.15) is 5.75 Å². The molecule has 2 N–H and O–H groups in total. The smallest absolute Gasteiger partial charge is 0.310 e. The summed E-state index contributed by atoms with van der Waals surface area (Å²) in [5.74, 6) is -0.398. The maximum Gasteiger partial charge on any atom is 0.310 e. The summed E-state index contributed by atoms with van der Waals surface area (Å²) in [6.07, 6.45) is 2.78. The molecule has 20 heavy (non-hydrogen) atoms. The lowest BCUT2D eigenvalue weighted by Crippen LogP contribution is -2.22. The molecule has 0 radical (unpaired) electrons. The highest BCUT2D eigenvalue weighted by Crippen LogP contribution is 2.11. The standard InChI is InChI=1S/C15H19NO4/c1-2-14(18)16-8-3-4-9-20-15(19)11-12-6-5-7-13(17)10-12/h2,5-7,10,17H,1,3-4,8-9,11H2,(H,16,18). The Bertz CT molecular complexity index is 471. The second kappa shape index (κ2) is 8.74. The molecule has 0 aliphatic carbocycles. The average molecular weight is 277 g/mol. The van der Waals surface area contributed by atoms with E-state index in [9.17, 15) is 14.7 Å². The molecule has 0 atom stereocenters. The van der Waals surface area contributed by atoms with E-state index in [1.165, 1.54) is 12.1 Å². The van der Waals surface area contributed by atoms with Crippen LogP contribution >= 0.6 is 0 Å². The first-order valence-corrected chi connectivity index (χ1v) is 6.45. The summed E-state index contributed by atoms with van der Waals surface area (Å²) < 4.78 is 5.07. The minimum absolute atomic E-state index is 0.133. The number of carbonyl (C=O) groups excluding carboxylic acids is 2. The Hall–Kier alpha value is -2.30. The number of hydrogen-bond donors (Lipinski definition) is 2. The summed E-state index contributed by atoms with van der Waals surface area (Å²) in [6, 6.07) is 6.52. The van der Waals surface area contributed by atoms with Crippen LogP contribution in [0.25, 0.3) is 0 Å². The number of esters is 1. The zero-order valence-corrected chi connectivity index (χ0v) is 11.3. The van der Waals surface area contributed by atoms with Gasteiger partial charge in [-0.2, -0.15) is 0 Å². The lowest BCUT2D eigenvalue weighted by molar-refractivity contribution is -0.143. The summed E-state index contributed by atoms with van der Waals surface area (Å²) in [4.78, 5) is 22.4. The molecule has 108 valence electrons. The topological polar surface area (TPSA) is 75.6 Å². The van der Waals surface area contributed by atoms with Crippen molar-refractivity contribution in [2.24, 2.45) is 0 Å². The van der Waals surface area contributed by atoms with Crippen molar-refractivity contribution in [3.05, 3.63) is 42.5 Å². The Labute approximate surface area is 118 Å². The number of rotatable bonds is 8. The summed E-state index contributed by atoms with van der Waals surface area (Å²) in [5, 5.41) is 11.9. The van der Waals surface area contributed by atoms with Crippen LogP contribution in [0.1, 0.15) is 18.4 Å². The Balaban J connectivity index is 2.11. The van der Waals surface area contributed by atoms with E-state index >= 15 is 0 Å². The molecule has 1 amide bonds. The van der Waals surface area contributed by atoms with Gasteiger partial charge in [-0.3, -0.25) is 9.59 Å². The highest BCUT2D eigenvalue weighted by atomic mass is 16.5. The van der Waals surface area contributed by atoms with E-state index < -0.39 is 0 Å². The second-order valence-corrected chi connectivity index (χ2v) is 4.27. The fraction of sp³-hybridized carbons (Fsp3) is 0.333. The second-order valence-electron chi connectivity index (χ2n) is 4.27. The van der Waals surface area contributed by atoms with Crippen LogP contribution in [0.3, 0.4) is 0 Å². The van der Waals surface area contributed by atoms with E-state index in [0.717, 1.165) is 6.42 Å². The van der Waals surface area contributed by atoms with Crippen molar-refractivity contribution >= 4 is 11.9 Å². The molecule has 1 aromatic rings. The highest BCUT2D eigenvalue weighted by molar-refractivity contribution is 5.86. The largest absolute Gasteiger partial charge is 0.508 e. The quantitative estimate of drug-likeness (QED) is 0.429. The van der Waals surface area contributed by atoms with Crippen molar-refractivity contribution in [2.75, 3.05) is 13.2 Å². The number of hydrogen-bond acceptors (Lipinski definition) is 4. The van der Waals surface area contributed by atoms with Crippen molar-refractivity contribution in [3.63, 3.8) is 0 Å². The normalized spacial score (nSPS) is 9.80. The minimum atomic E-state index is -0.328. The van der Waals surface area contributed by atoms with Crippen molar-refractivity contribution in [1.82, 2.24) is 5.32 Å². The number of amides is 1. The van der Waals surface area contributed by atoms with E-state index in [4.69, 9.17) is 4.74 Å². The molecule has 0 saturated heterocycles. The molecule has 0 aromatic heterocycles. The molecule has 0 spiro atoms. The lowest BCUT2D eigenvalue weighted by Gasteiger charge is -2.05. The molecule has 1 aromatic carbocycles. The van der Waals surface area contributed by atoms with Gasteiger partial charge in [-0.1, -0.05) is 18.7 Å². The average Bonchev–Trinajstić information content (AvgIpc) is 2.42. The summed E-state index contributed by atoms with van der Waals surface area (Å²) in [7, 11) is 0. The van der Waals surface area contributed by atoms with Gasteiger partial charge in [0.05, 0.1) is 13.0 Å². The monoisotopic (exact) mass is 277 g/mol. The minimum Gasteiger partial charge on any atom is -0.508 e. The third kappa shape index (κ3) is 6.58. The molecule has 0 bridgehead atoms. The summed E-state index contributed by atoms with van der Waals surface area (Å²) in [6.45, 7) is 4.20. The van der Waals surface area contributed by atoms with Gasteiger partial charge in [-0.05, 0) is 36.6 Å². The van der Waals surface area contributed by atoms with Crippen molar-refractivity contribution in [2.45, 2.75) is 19.3 Å². The van der Waals surface area contributed by atoms with Crippen molar-refractivity contribution in [3.8, 4) is 5.75 Å². The summed E-state index contributed by atoms with van der Waals surface area (Å²) >= 11 is 0. The van der Waals surface area contributed by atoms with E-state index in [1.54, 1.807) is 18.2 Å². The van der Waals surface area contributed by atoms with Crippen LogP contribution < -0.4 is 5.32 Å². The number of ether oxygens (including phenoxy) is 1. The Kier molecular flexibility index (Phi) is 6.89. The van der Waals surface area contributed by atoms with Crippen LogP contribution in [0.4, 0.5) is 0 Å². The third-order valence-electron chi connectivity index (χ3n) is 2.58. The van der Waals surface area contributed by atoms with Gasteiger partial charge in [-0.15, -0.1) is 0 Å². The molecule has 1 rings (SSSR count). The van der Waals surface area contributed by atoms with Gasteiger partial charge in [0, 0.05) is 6.54 Å². The Morgan fingerprint density at radius 1 is 1.35 bits per heavy atom. The zero-order valence-electron chi connectivity index (χ0n) is 11.3. The first kappa shape index (κ1) is 15.8. The third-order valence-corrected chi connectivity index (χ3v) is 2.58. The highest BCUT2D eigenvalue weighted by Gasteiger charge is 2.05. The van der Waals surface area contributed by atoms with E-state index in [1.807, 2.05) is 0 Å². The number of benzene rings is 1. The first-order valence-electron chi connectivity index (χ1n) is 6.45. The number of phenolic OH excluding ortho intramolecular Hbond substituents is 1. The number of carbonyl (C=O) groups is 2. The Morgan fingerprint density at radius 2 is 2.15 bits per heavy atom. The van der Waals surface area contributed by atoms with Crippen LogP contribution in [0.2, 0.25) is 0 Å². The fourth-order valence-corrected chi connectivity index (χ4v) is 1.58. The Morgan fingerprint density at radius 3 is 2.85 bits per heavy atom. The van der Waals surface area contributed by atoms with Gasteiger partial charge >= 0.3 is 5.97 Å². The predicted octanol–water partition coefficient (Wildman–Crippen LogP) is 1.56. The molecular weight excluding hydrogens is 258 g/mol. The van der Waals surface area contributed by atoms with E-state index in [-0.39, 0.29) is 24.0 Å². The van der Waals surface area contributed by atoms with Gasteiger partial charge in [0.15, 0.2) is 0 Å². The molecule has 5 nitrogen and oxygen atoms in total. The number of unbranched alkanes of at least 4 members (excludes halogenated alkanes) is 1. The number of phenols is 1. The predicted molar refractivity (Wildman–Crippen MR) is 75.2 cm³/mol. The van der Waals surface area contributed by atoms with Gasteiger partial charge in [-0.25, -0.2) is 0 Å². The maximum absolute atomic E-state index is 11.5. The molecule has 0 heterocycles. The van der Waals surface area contributed by atoms with Gasteiger partial charge in [0.25, 0.3) is 0 Å². The molecule has 0 fully saturated rings. The molecule has 0 aliphatic heterocycles. The van der Waals surface area contributed by atoms with Crippen LogP contribution in [-0.2, 0) is 20.7 Å². The van der Waals surface area contributed by atoms with Crippen LogP contribution in [-0.4, -0.2) is 30.1 Å². The van der Waals surface area contributed by atoms with Crippen molar-refractivity contribution < 1.29 is 19.4 Å². The maximum atomic E-state index is 11.5. The molecule has 0 unspecified atom stereocenters. The fourth-order valence-electron chi connectivity index (χ4n) is 1.58. The van der Waals surface area contributed by atoms with Crippen molar-refractivity contribution in [1.29, 1.82) is 0 Å². The van der Waals surface area contributed by atoms with Gasteiger partial charge in [0.2, 0.25) is 5.91 Å². The molecule has 5 heteroatoms. The van der Waals surface area contributed by atoms with E-state index in [2.05, 4.69) is 11.9 Å². The molecule has 0 aliphatic rings. The summed E-state index contributed by atoms with van der Waals surface area (Å²) in [5.41, 5.74) is 0.716. The first-order chi connectivity index (χ1) is 9.61. The lowest BCUT2D eigenvalue weighted by atomic mass is 10.1. The van der Waals surface area contributed by atoms with Gasteiger partial charge < -0.3 is 15.2 Å². The SMILES string of the molecule is C=CC(=O)NCCCCOC(=O)Cc1cccc(O)c1. The number of aromatic hydroxyl groups is 1. The van der Waals surface area contributed by atoms with Crippen LogP contribution in [0.15, 0.2) is 36.9 Å². The molecular formula is C15H19NO4. The number of nitrogens with one attached hydrogen (secondary N) is 1. The van der Waals surface area contributed by atoms with Crippen LogP contribution in [0, 0.1) is 0 Å². The van der Waals surface area contributed by atoms with E-state index in [0.29, 0.717) is 25.1 Å². The molecule has 0 saturated carbocycles. The zero-order chi connectivity index (χ0) is 14.8.